The SMILES string of the molecule is Cc1ccc2ccccc2c1-c1cc(Cl)ccc1N. The molecule has 0 aromatic heterocycles. The highest BCUT2D eigenvalue weighted by molar-refractivity contribution is 6.31. The van der Waals surface area contributed by atoms with E-state index in [9.17, 15) is 0 Å². The molecular formula is C17H14ClN. The minimum atomic E-state index is 0.705. The smallest absolute Gasteiger partial charge is 0.0413 e. The van der Waals surface area contributed by atoms with Gasteiger partial charge >= 0.3 is 0 Å². The number of nitrogen functional groups attached to an aromatic ring is 1. The Kier molecular flexibility index (Phi) is 2.92. The summed E-state index contributed by atoms with van der Waals surface area (Å²) < 4.78 is 0. The van der Waals surface area contributed by atoms with Gasteiger partial charge in [-0.15, -0.1) is 0 Å². The van der Waals surface area contributed by atoms with Gasteiger partial charge in [-0.05, 0) is 47.0 Å². The zero-order valence-corrected chi connectivity index (χ0v) is 11.4. The quantitative estimate of drug-likeness (QED) is 0.614. The third kappa shape index (κ3) is 2.06. The van der Waals surface area contributed by atoms with Gasteiger partial charge < -0.3 is 5.73 Å². The Morgan fingerprint density at radius 3 is 2.58 bits per heavy atom. The van der Waals surface area contributed by atoms with Crippen LogP contribution in [0.2, 0.25) is 5.02 Å². The van der Waals surface area contributed by atoms with E-state index in [1.165, 1.54) is 16.3 Å². The molecular weight excluding hydrogens is 254 g/mol. The lowest BCUT2D eigenvalue weighted by atomic mass is 9.93. The molecule has 0 unspecified atom stereocenters. The lowest BCUT2D eigenvalue weighted by molar-refractivity contribution is 1.49. The first kappa shape index (κ1) is 12.1. The lowest BCUT2D eigenvalue weighted by Gasteiger charge is -2.13. The molecule has 0 spiro atoms. The van der Waals surface area contributed by atoms with Gasteiger partial charge in [0, 0.05) is 16.3 Å². The van der Waals surface area contributed by atoms with E-state index < -0.39 is 0 Å². The normalized spacial score (nSPS) is 10.8. The van der Waals surface area contributed by atoms with Gasteiger partial charge in [0.2, 0.25) is 0 Å². The van der Waals surface area contributed by atoms with E-state index in [2.05, 4.69) is 31.2 Å². The summed E-state index contributed by atoms with van der Waals surface area (Å²) in [4.78, 5) is 0. The van der Waals surface area contributed by atoms with Crippen molar-refractivity contribution in [2.45, 2.75) is 6.92 Å². The van der Waals surface area contributed by atoms with Crippen molar-refractivity contribution in [2.75, 3.05) is 5.73 Å². The third-order valence-electron chi connectivity index (χ3n) is 3.42. The molecule has 0 radical (unpaired) electrons. The molecule has 1 nitrogen and oxygen atoms in total. The first-order chi connectivity index (χ1) is 9.16. The Bertz CT molecular complexity index is 762. The van der Waals surface area contributed by atoms with Crippen LogP contribution in [0.3, 0.4) is 0 Å². The van der Waals surface area contributed by atoms with Crippen molar-refractivity contribution in [1.29, 1.82) is 0 Å². The van der Waals surface area contributed by atoms with Crippen molar-refractivity contribution in [3.63, 3.8) is 0 Å². The number of hydrogen-bond acceptors (Lipinski definition) is 1. The number of aryl methyl sites for hydroxylation is 1. The van der Waals surface area contributed by atoms with Gasteiger partial charge in [-0.25, -0.2) is 0 Å². The maximum Gasteiger partial charge on any atom is 0.0413 e. The molecule has 0 saturated carbocycles. The molecule has 19 heavy (non-hydrogen) atoms. The van der Waals surface area contributed by atoms with E-state index in [1.54, 1.807) is 0 Å². The monoisotopic (exact) mass is 267 g/mol. The minimum absolute atomic E-state index is 0.705. The fourth-order valence-electron chi connectivity index (χ4n) is 2.48. The highest BCUT2D eigenvalue weighted by Crippen LogP contribution is 2.36. The van der Waals surface area contributed by atoms with Crippen LogP contribution >= 0.6 is 11.6 Å². The van der Waals surface area contributed by atoms with Gasteiger partial charge in [-0.2, -0.15) is 0 Å². The molecule has 2 heteroatoms. The van der Waals surface area contributed by atoms with Crippen molar-refractivity contribution in [2.24, 2.45) is 0 Å². The van der Waals surface area contributed by atoms with Gasteiger partial charge in [0.1, 0.15) is 0 Å². The standard InChI is InChI=1S/C17H14ClN/c1-11-6-7-12-4-2-3-5-14(12)17(11)15-10-13(18)8-9-16(15)19/h2-10H,19H2,1H3. The summed E-state index contributed by atoms with van der Waals surface area (Å²) in [6.07, 6.45) is 0. The Morgan fingerprint density at radius 1 is 0.947 bits per heavy atom. The highest BCUT2D eigenvalue weighted by Gasteiger charge is 2.10. The lowest BCUT2D eigenvalue weighted by Crippen LogP contribution is -1.93. The Hall–Kier alpha value is -1.99. The maximum absolute atomic E-state index is 6.12. The fraction of sp³-hybridized carbons (Fsp3) is 0.0588. The first-order valence-corrected chi connectivity index (χ1v) is 6.58. The van der Waals surface area contributed by atoms with Gasteiger partial charge in [-0.1, -0.05) is 48.0 Å². The summed E-state index contributed by atoms with van der Waals surface area (Å²) in [7, 11) is 0. The van der Waals surface area contributed by atoms with Crippen LogP contribution in [0.15, 0.2) is 54.6 Å². The van der Waals surface area contributed by atoms with Crippen LogP contribution in [-0.2, 0) is 0 Å². The van der Waals surface area contributed by atoms with E-state index in [0.717, 1.165) is 16.8 Å². The molecule has 0 amide bonds. The molecule has 0 aliphatic carbocycles. The maximum atomic E-state index is 6.12. The number of hydrogen-bond donors (Lipinski definition) is 1. The number of fused-ring (bicyclic) bond motifs is 1. The molecule has 0 atom stereocenters. The van der Waals surface area contributed by atoms with E-state index in [-0.39, 0.29) is 0 Å². The van der Waals surface area contributed by atoms with Crippen molar-refractivity contribution in [3.05, 3.63) is 65.2 Å². The average molecular weight is 268 g/mol. The topological polar surface area (TPSA) is 26.0 Å². The Morgan fingerprint density at radius 2 is 1.74 bits per heavy atom. The third-order valence-corrected chi connectivity index (χ3v) is 3.66. The van der Waals surface area contributed by atoms with Crippen LogP contribution in [0.4, 0.5) is 5.69 Å². The second kappa shape index (κ2) is 4.60. The Labute approximate surface area is 117 Å². The summed E-state index contributed by atoms with van der Waals surface area (Å²) in [6.45, 7) is 2.10. The summed E-state index contributed by atoms with van der Waals surface area (Å²) in [5, 5.41) is 3.12. The number of halogens is 1. The zero-order chi connectivity index (χ0) is 13.4. The molecule has 0 fully saturated rings. The van der Waals surface area contributed by atoms with Crippen LogP contribution in [0.25, 0.3) is 21.9 Å². The summed E-state index contributed by atoms with van der Waals surface area (Å²) in [5.74, 6) is 0. The molecule has 3 aromatic rings. The molecule has 2 N–H and O–H groups in total. The number of rotatable bonds is 1. The van der Waals surface area contributed by atoms with Crippen LogP contribution in [0.1, 0.15) is 5.56 Å². The summed E-state index contributed by atoms with van der Waals surface area (Å²) in [5.41, 5.74) is 10.2. The van der Waals surface area contributed by atoms with Crippen molar-refractivity contribution in [3.8, 4) is 11.1 Å². The first-order valence-electron chi connectivity index (χ1n) is 6.20. The molecule has 0 aliphatic heterocycles. The molecule has 94 valence electrons. The van der Waals surface area contributed by atoms with E-state index in [4.69, 9.17) is 17.3 Å². The molecule has 3 rings (SSSR count). The van der Waals surface area contributed by atoms with Crippen LogP contribution in [0, 0.1) is 6.92 Å². The van der Waals surface area contributed by atoms with Crippen LogP contribution in [0.5, 0.6) is 0 Å². The zero-order valence-electron chi connectivity index (χ0n) is 10.7. The average Bonchev–Trinajstić information content (AvgIpc) is 2.42. The molecule has 0 aliphatic rings. The summed E-state index contributed by atoms with van der Waals surface area (Å²) in [6, 6.07) is 18.2. The number of anilines is 1. The van der Waals surface area contributed by atoms with Crippen LogP contribution in [-0.4, -0.2) is 0 Å². The van der Waals surface area contributed by atoms with E-state index >= 15 is 0 Å². The predicted octanol–water partition coefficient (Wildman–Crippen LogP) is 5.05. The van der Waals surface area contributed by atoms with E-state index in [0.29, 0.717) is 5.02 Å². The second-order valence-electron chi connectivity index (χ2n) is 4.71. The van der Waals surface area contributed by atoms with Gasteiger partial charge in [-0.3, -0.25) is 0 Å². The van der Waals surface area contributed by atoms with Gasteiger partial charge in [0.25, 0.3) is 0 Å². The molecule has 3 aromatic carbocycles. The predicted molar refractivity (Wildman–Crippen MR) is 83.5 cm³/mol. The number of nitrogens with two attached hydrogens (primary N) is 1. The summed E-state index contributed by atoms with van der Waals surface area (Å²) >= 11 is 6.11. The van der Waals surface area contributed by atoms with Crippen molar-refractivity contribution >= 4 is 28.1 Å². The Balaban J connectivity index is 2.41. The van der Waals surface area contributed by atoms with Crippen molar-refractivity contribution in [1.82, 2.24) is 0 Å². The molecule has 0 bridgehead atoms. The van der Waals surface area contributed by atoms with Crippen LogP contribution < -0.4 is 5.73 Å². The molecule has 0 saturated heterocycles. The molecule has 0 heterocycles. The minimum Gasteiger partial charge on any atom is -0.398 e. The fourth-order valence-corrected chi connectivity index (χ4v) is 2.66. The van der Waals surface area contributed by atoms with Gasteiger partial charge in [0.05, 0.1) is 0 Å². The second-order valence-corrected chi connectivity index (χ2v) is 5.15. The van der Waals surface area contributed by atoms with Gasteiger partial charge in [0.15, 0.2) is 0 Å². The largest absolute Gasteiger partial charge is 0.398 e. The highest BCUT2D eigenvalue weighted by atomic mass is 35.5. The number of benzene rings is 3. The van der Waals surface area contributed by atoms with Crippen molar-refractivity contribution < 1.29 is 0 Å². The van der Waals surface area contributed by atoms with E-state index in [1.807, 2.05) is 30.3 Å².